The van der Waals surface area contributed by atoms with Gasteiger partial charge in [0.15, 0.2) is 0 Å². The maximum Gasteiger partial charge on any atom is 0.0215 e. The third-order valence-electron chi connectivity index (χ3n) is 4.50. The van der Waals surface area contributed by atoms with Gasteiger partial charge in [0.25, 0.3) is 0 Å². The third kappa shape index (κ3) is 2.96. The topological polar surface area (TPSA) is 0 Å². The molecule has 110 valence electrons. The first-order valence-corrected chi connectivity index (χ1v) is 7.85. The quantitative estimate of drug-likeness (QED) is 0.590. The normalized spacial score (nSPS) is 13.5. The van der Waals surface area contributed by atoms with Gasteiger partial charge in [0.2, 0.25) is 0 Å². The van der Waals surface area contributed by atoms with Gasteiger partial charge in [0.1, 0.15) is 0 Å². The minimum Gasteiger partial charge on any atom is -0.0622 e. The van der Waals surface area contributed by atoms with E-state index in [1.54, 1.807) is 0 Å². The fraction of sp³-hybridized carbons (Fsp3) is 0.182. The molecule has 1 unspecified atom stereocenters. The van der Waals surface area contributed by atoms with E-state index in [0.717, 1.165) is 6.42 Å². The van der Waals surface area contributed by atoms with E-state index in [1.807, 2.05) is 0 Å². The molecule has 3 aromatic rings. The van der Waals surface area contributed by atoms with Crippen molar-refractivity contribution < 1.29 is 0 Å². The lowest BCUT2D eigenvalue weighted by Crippen LogP contribution is -2.26. The van der Waals surface area contributed by atoms with Crippen LogP contribution in [0.5, 0.6) is 0 Å². The smallest absolute Gasteiger partial charge is 0.0215 e. The summed E-state index contributed by atoms with van der Waals surface area (Å²) in [5.74, 6) is 0. The first-order chi connectivity index (χ1) is 10.7. The average molecular weight is 286 g/mol. The van der Waals surface area contributed by atoms with Crippen molar-refractivity contribution >= 4 is 0 Å². The minimum absolute atomic E-state index is 0.0175. The molecule has 0 heteroatoms. The van der Waals surface area contributed by atoms with Crippen molar-refractivity contribution in [2.75, 3.05) is 0 Å². The number of rotatable bonds is 4. The van der Waals surface area contributed by atoms with Crippen molar-refractivity contribution in [3.63, 3.8) is 0 Å². The van der Waals surface area contributed by atoms with Crippen LogP contribution in [0.2, 0.25) is 0 Å². The molecule has 0 spiro atoms. The van der Waals surface area contributed by atoms with E-state index in [9.17, 15) is 0 Å². The van der Waals surface area contributed by atoms with Crippen LogP contribution >= 0.6 is 0 Å². The van der Waals surface area contributed by atoms with Gasteiger partial charge in [-0.15, -0.1) is 0 Å². The fourth-order valence-electron chi connectivity index (χ4n) is 3.10. The zero-order valence-electron chi connectivity index (χ0n) is 13.3. The molecule has 22 heavy (non-hydrogen) atoms. The Morgan fingerprint density at radius 1 is 0.636 bits per heavy atom. The molecule has 0 radical (unpaired) electrons. The van der Waals surface area contributed by atoms with E-state index < -0.39 is 0 Å². The van der Waals surface area contributed by atoms with Gasteiger partial charge in [-0.3, -0.25) is 0 Å². The van der Waals surface area contributed by atoms with Crippen molar-refractivity contribution in [1.82, 2.24) is 0 Å². The molecule has 3 aromatic carbocycles. The first-order valence-electron chi connectivity index (χ1n) is 7.85. The highest BCUT2D eigenvalue weighted by Crippen LogP contribution is 2.35. The molecule has 0 aliphatic rings. The van der Waals surface area contributed by atoms with Crippen molar-refractivity contribution in [3.05, 3.63) is 107 Å². The average Bonchev–Trinajstić information content (AvgIpc) is 2.57. The molecule has 1 atom stereocenters. The van der Waals surface area contributed by atoms with Crippen LogP contribution in [0.1, 0.15) is 29.2 Å². The minimum atomic E-state index is -0.0175. The Morgan fingerprint density at radius 3 is 1.73 bits per heavy atom. The Labute approximate surface area is 133 Å². The van der Waals surface area contributed by atoms with E-state index >= 15 is 0 Å². The molecule has 0 heterocycles. The van der Waals surface area contributed by atoms with E-state index in [4.69, 9.17) is 0 Å². The van der Waals surface area contributed by atoms with Crippen molar-refractivity contribution in [3.8, 4) is 0 Å². The lowest BCUT2D eigenvalue weighted by Gasteiger charge is -2.31. The SMILES string of the molecule is Cc1ccc(C(C)(Cc2ccccc2)c2ccccc2)cc1. The summed E-state index contributed by atoms with van der Waals surface area (Å²) in [6.07, 6.45) is 1.00. The molecule has 0 amide bonds. The van der Waals surface area contributed by atoms with Crippen LogP contribution in [0.25, 0.3) is 0 Å². The van der Waals surface area contributed by atoms with Crippen LogP contribution < -0.4 is 0 Å². The number of hydrogen-bond donors (Lipinski definition) is 0. The second kappa shape index (κ2) is 6.19. The van der Waals surface area contributed by atoms with E-state index in [1.165, 1.54) is 22.3 Å². The molecule has 3 rings (SSSR count). The number of hydrogen-bond acceptors (Lipinski definition) is 0. The molecule has 0 saturated carbocycles. The maximum atomic E-state index is 2.35. The fourth-order valence-corrected chi connectivity index (χ4v) is 3.10. The molecule has 0 N–H and O–H groups in total. The second-order valence-corrected chi connectivity index (χ2v) is 6.23. The predicted octanol–water partition coefficient (Wildman–Crippen LogP) is 5.54. The van der Waals surface area contributed by atoms with Gasteiger partial charge in [-0.2, -0.15) is 0 Å². The maximum absolute atomic E-state index is 2.35. The number of aryl methyl sites for hydroxylation is 1. The summed E-state index contributed by atoms with van der Waals surface area (Å²) < 4.78 is 0. The van der Waals surface area contributed by atoms with Gasteiger partial charge in [-0.25, -0.2) is 0 Å². The summed E-state index contributed by atoms with van der Waals surface area (Å²) in [4.78, 5) is 0. The van der Waals surface area contributed by atoms with Gasteiger partial charge < -0.3 is 0 Å². The van der Waals surface area contributed by atoms with Gasteiger partial charge in [0.05, 0.1) is 0 Å². The van der Waals surface area contributed by atoms with Crippen LogP contribution in [0.15, 0.2) is 84.9 Å². The Bertz CT molecular complexity index is 711. The van der Waals surface area contributed by atoms with E-state index in [-0.39, 0.29) is 5.41 Å². The lowest BCUT2D eigenvalue weighted by atomic mass is 9.72. The molecule has 0 aliphatic heterocycles. The van der Waals surface area contributed by atoms with Crippen LogP contribution in [0, 0.1) is 6.92 Å². The summed E-state index contributed by atoms with van der Waals surface area (Å²) in [6.45, 7) is 4.49. The molecule has 0 nitrogen and oxygen atoms in total. The molecular formula is C22H22. The van der Waals surface area contributed by atoms with Gasteiger partial charge in [-0.1, -0.05) is 97.4 Å². The van der Waals surface area contributed by atoms with Crippen LogP contribution in [0.4, 0.5) is 0 Å². The summed E-state index contributed by atoms with van der Waals surface area (Å²) in [6, 6.07) is 30.5. The Morgan fingerprint density at radius 2 is 1.14 bits per heavy atom. The Balaban J connectivity index is 2.07. The third-order valence-corrected chi connectivity index (χ3v) is 4.50. The van der Waals surface area contributed by atoms with Gasteiger partial charge in [0, 0.05) is 5.41 Å². The summed E-state index contributed by atoms with van der Waals surface area (Å²) in [7, 11) is 0. The van der Waals surface area contributed by atoms with Gasteiger partial charge >= 0.3 is 0 Å². The monoisotopic (exact) mass is 286 g/mol. The Hall–Kier alpha value is -2.34. The summed E-state index contributed by atoms with van der Waals surface area (Å²) in [5.41, 5.74) is 5.39. The first kappa shape index (κ1) is 14.6. The summed E-state index contributed by atoms with van der Waals surface area (Å²) in [5, 5.41) is 0. The molecule has 0 aliphatic carbocycles. The molecule has 0 saturated heterocycles. The van der Waals surface area contributed by atoms with Crippen LogP contribution in [0.3, 0.4) is 0 Å². The summed E-state index contributed by atoms with van der Waals surface area (Å²) >= 11 is 0. The second-order valence-electron chi connectivity index (χ2n) is 6.23. The highest BCUT2D eigenvalue weighted by Gasteiger charge is 2.28. The van der Waals surface area contributed by atoms with Crippen LogP contribution in [-0.4, -0.2) is 0 Å². The molecular weight excluding hydrogens is 264 g/mol. The largest absolute Gasteiger partial charge is 0.0622 e. The van der Waals surface area contributed by atoms with E-state index in [2.05, 4.69) is 98.8 Å². The zero-order chi connectivity index (χ0) is 15.4. The highest BCUT2D eigenvalue weighted by atomic mass is 14.3. The van der Waals surface area contributed by atoms with Gasteiger partial charge in [-0.05, 0) is 30.0 Å². The van der Waals surface area contributed by atoms with Crippen molar-refractivity contribution in [1.29, 1.82) is 0 Å². The highest BCUT2D eigenvalue weighted by molar-refractivity contribution is 5.41. The van der Waals surface area contributed by atoms with Crippen LogP contribution in [-0.2, 0) is 11.8 Å². The molecule has 0 aromatic heterocycles. The molecule has 0 bridgehead atoms. The Kier molecular flexibility index (Phi) is 4.11. The predicted molar refractivity (Wildman–Crippen MR) is 94.2 cm³/mol. The molecule has 0 fully saturated rings. The number of benzene rings is 3. The lowest BCUT2D eigenvalue weighted by molar-refractivity contribution is 0.567. The standard InChI is InChI=1S/C22H22/c1-18-13-15-21(16-14-18)22(2,20-11-7-4-8-12-20)17-19-9-5-3-6-10-19/h3-16H,17H2,1-2H3. The zero-order valence-corrected chi connectivity index (χ0v) is 13.3. The van der Waals surface area contributed by atoms with Crippen molar-refractivity contribution in [2.24, 2.45) is 0 Å². The van der Waals surface area contributed by atoms with Crippen molar-refractivity contribution in [2.45, 2.75) is 25.7 Å². The van der Waals surface area contributed by atoms with E-state index in [0.29, 0.717) is 0 Å².